The van der Waals surface area contributed by atoms with Gasteiger partial charge in [0.2, 0.25) is 0 Å². The summed E-state index contributed by atoms with van der Waals surface area (Å²) in [6.45, 7) is 8.62. The zero-order chi connectivity index (χ0) is 17.7. The van der Waals surface area contributed by atoms with Crippen LogP contribution in [0.1, 0.15) is 22.3 Å². The van der Waals surface area contributed by atoms with E-state index >= 15 is 0 Å². The fourth-order valence-corrected chi connectivity index (χ4v) is 3.07. The van der Waals surface area contributed by atoms with Gasteiger partial charge in [-0.15, -0.1) is 81.8 Å². The van der Waals surface area contributed by atoms with Crippen molar-refractivity contribution in [3.05, 3.63) is 82.9 Å². The zero-order valence-electron chi connectivity index (χ0n) is 15.8. The third kappa shape index (κ3) is 5.49. The minimum atomic E-state index is 0. The first-order chi connectivity index (χ1) is 11.6. The van der Waals surface area contributed by atoms with Gasteiger partial charge in [0, 0.05) is 0 Å². The Morgan fingerprint density at radius 2 is 0.885 bits per heavy atom. The summed E-state index contributed by atoms with van der Waals surface area (Å²) in [6.07, 6.45) is 0. The van der Waals surface area contributed by atoms with E-state index < -0.39 is 0 Å². The van der Waals surface area contributed by atoms with Crippen LogP contribution in [-0.2, 0) is 24.2 Å². The van der Waals surface area contributed by atoms with Crippen LogP contribution in [0.15, 0.2) is 60.7 Å². The number of halogens is 2. The molecule has 0 saturated carbocycles. The van der Waals surface area contributed by atoms with Crippen molar-refractivity contribution in [1.29, 1.82) is 0 Å². The Bertz CT molecular complexity index is 797. The number of benzene rings is 2. The van der Waals surface area contributed by atoms with Crippen molar-refractivity contribution in [3.8, 4) is 0 Å². The van der Waals surface area contributed by atoms with Crippen molar-refractivity contribution >= 4 is 50.6 Å². The van der Waals surface area contributed by atoms with E-state index in [0.717, 1.165) is 0 Å². The molecule has 0 atom stereocenters. The summed E-state index contributed by atoms with van der Waals surface area (Å²) in [5.74, 6) is 0. The number of rotatable bonds is 0. The van der Waals surface area contributed by atoms with Crippen LogP contribution >= 0.6 is 24.8 Å². The predicted octanol–water partition coefficient (Wildman–Crippen LogP) is 7.16. The predicted molar refractivity (Wildman–Crippen MR) is 120 cm³/mol. The van der Waals surface area contributed by atoms with E-state index in [9.17, 15) is 0 Å². The molecule has 0 saturated heterocycles. The summed E-state index contributed by atoms with van der Waals surface area (Å²) >= 11 is 1.30. The maximum absolute atomic E-state index is 3.34. The molecule has 26 heavy (non-hydrogen) atoms. The van der Waals surface area contributed by atoms with Crippen LogP contribution in [0.25, 0.3) is 21.5 Å². The maximum atomic E-state index is 3.34. The third-order valence-electron chi connectivity index (χ3n) is 4.50. The molecule has 0 aliphatic heterocycles. The second kappa shape index (κ2) is 11.7. The van der Waals surface area contributed by atoms with Gasteiger partial charge in [0.05, 0.1) is 0 Å². The van der Waals surface area contributed by atoms with Crippen molar-refractivity contribution in [3.63, 3.8) is 0 Å². The Morgan fingerprint density at radius 3 is 1.19 bits per heavy atom. The summed E-state index contributed by atoms with van der Waals surface area (Å²) in [5, 5.41) is 5.57. The molecule has 0 radical (unpaired) electrons. The van der Waals surface area contributed by atoms with Crippen LogP contribution in [0.4, 0.5) is 0 Å². The van der Waals surface area contributed by atoms with Crippen molar-refractivity contribution < 1.29 is 24.2 Å². The summed E-state index contributed by atoms with van der Waals surface area (Å²) in [5.41, 5.74) is 5.48. The van der Waals surface area contributed by atoms with Crippen molar-refractivity contribution in [2.75, 3.05) is 0 Å². The molecule has 0 unspecified atom stereocenters. The summed E-state index contributed by atoms with van der Waals surface area (Å²) in [7, 11) is 0. The quantitative estimate of drug-likeness (QED) is 0.242. The molecule has 0 aliphatic rings. The molecule has 4 aromatic carbocycles. The molecule has 0 bridgehead atoms. The molecule has 0 nitrogen and oxygen atoms in total. The minimum absolute atomic E-state index is 0. The van der Waals surface area contributed by atoms with E-state index in [4.69, 9.17) is 0 Å². The van der Waals surface area contributed by atoms with Gasteiger partial charge in [-0.1, -0.05) is 37.1 Å². The van der Waals surface area contributed by atoms with Crippen LogP contribution in [0.2, 0.25) is 0 Å². The van der Waals surface area contributed by atoms with E-state index in [-0.39, 0.29) is 24.8 Å². The fourth-order valence-electron chi connectivity index (χ4n) is 3.07. The van der Waals surface area contributed by atoms with Crippen LogP contribution in [0.3, 0.4) is 0 Å². The monoisotopic (exact) mass is 462 g/mol. The molecule has 0 amide bonds. The van der Waals surface area contributed by atoms with Crippen LogP contribution in [0, 0.1) is 27.7 Å². The summed E-state index contributed by atoms with van der Waals surface area (Å²) < 4.78 is 3.34. The van der Waals surface area contributed by atoms with Gasteiger partial charge >= 0.3 is 28.4 Å². The van der Waals surface area contributed by atoms with Gasteiger partial charge in [-0.05, 0) is 13.8 Å². The Kier molecular flexibility index (Phi) is 11.2. The second-order valence-corrected chi connectivity index (χ2v) is 6.10. The van der Waals surface area contributed by atoms with Crippen LogP contribution in [0.5, 0.6) is 0 Å². The van der Waals surface area contributed by atoms with Crippen molar-refractivity contribution in [2.24, 2.45) is 0 Å². The topological polar surface area (TPSA) is 0 Å². The molecule has 136 valence electrons. The average Bonchev–Trinajstić information content (AvgIpc) is 3.27. The first-order valence-corrected chi connectivity index (χ1v) is 9.90. The Hall–Kier alpha value is -1.01. The molecule has 0 N–H and O–H groups in total. The summed E-state index contributed by atoms with van der Waals surface area (Å²) in [4.78, 5) is 0. The molecule has 4 rings (SSSR count). The van der Waals surface area contributed by atoms with Crippen LogP contribution < -0.4 is 0 Å². The van der Waals surface area contributed by atoms with E-state index in [1.807, 2.05) is 0 Å². The van der Waals surface area contributed by atoms with Gasteiger partial charge in [-0.3, -0.25) is 0 Å². The molecule has 0 spiro atoms. The third-order valence-corrected chi connectivity index (χ3v) is 4.50. The molecule has 0 aromatic heterocycles. The van der Waals surface area contributed by atoms with Crippen molar-refractivity contribution in [1.82, 2.24) is 0 Å². The standard InChI is InChI=1S/2C11H11.CH2.2ClH.Zr/c2*1-8-6-7-9(2)11-5-3-4-10(8)11;;;;/h2*3-7H,1-2H3;1H2;2*1H;/q2*-1;;;;+2. The second-order valence-electron chi connectivity index (χ2n) is 6.10. The Balaban J connectivity index is 0.000000410. The van der Waals surface area contributed by atoms with Gasteiger partial charge in [0.15, 0.2) is 0 Å². The van der Waals surface area contributed by atoms with Gasteiger partial charge < -0.3 is 0 Å². The molecule has 4 aromatic rings. The number of hydrogen-bond acceptors (Lipinski definition) is 0. The molecule has 0 aliphatic carbocycles. The SMILES string of the molecule is Cc1ccc(C)c2[cH-]ccc12.Cc1ccc(C)c2[cH-]ccc12.Cl.Cl.[CH2]=[Zr+2]. The fraction of sp³-hybridized carbons (Fsp3) is 0.174. The number of aryl methyl sites for hydroxylation is 4. The van der Waals surface area contributed by atoms with E-state index in [2.05, 4.69) is 92.6 Å². The van der Waals surface area contributed by atoms with Gasteiger partial charge in [-0.2, -0.15) is 24.3 Å². The van der Waals surface area contributed by atoms with Crippen molar-refractivity contribution in [2.45, 2.75) is 27.7 Å². The first-order valence-electron chi connectivity index (χ1n) is 8.16. The first kappa shape index (κ1) is 25.0. The molecule has 3 heteroatoms. The number of fused-ring (bicyclic) bond motifs is 2. The normalized spacial score (nSPS) is 9.31. The van der Waals surface area contributed by atoms with Gasteiger partial charge in [0.1, 0.15) is 0 Å². The molecular formula is C23H26Cl2Zr. The summed E-state index contributed by atoms with van der Waals surface area (Å²) in [6, 6.07) is 21.7. The van der Waals surface area contributed by atoms with Gasteiger partial charge in [0.25, 0.3) is 0 Å². The van der Waals surface area contributed by atoms with E-state index in [0.29, 0.717) is 0 Å². The van der Waals surface area contributed by atoms with Gasteiger partial charge in [-0.25, -0.2) is 0 Å². The van der Waals surface area contributed by atoms with Crippen LogP contribution in [-0.4, -0.2) is 4.21 Å². The van der Waals surface area contributed by atoms with E-state index in [1.165, 1.54) is 68.0 Å². The zero-order valence-corrected chi connectivity index (χ0v) is 19.9. The van der Waals surface area contributed by atoms with E-state index in [1.54, 1.807) is 0 Å². The Morgan fingerprint density at radius 1 is 0.577 bits per heavy atom. The molecule has 0 heterocycles. The average molecular weight is 465 g/mol. The molecular weight excluding hydrogens is 438 g/mol. The Labute approximate surface area is 184 Å². The number of hydrogen-bond donors (Lipinski definition) is 0. The molecule has 0 fully saturated rings.